The minimum Gasteiger partial charge on any atom is -0.454 e. The summed E-state index contributed by atoms with van der Waals surface area (Å²) >= 11 is 0. The number of hydrogen-bond acceptors (Lipinski definition) is 6. The second-order valence-electron chi connectivity index (χ2n) is 6.94. The van der Waals surface area contributed by atoms with Gasteiger partial charge in [-0.2, -0.15) is 0 Å². The number of imide groups is 1. The number of allylic oxidation sites excluding steroid dienone is 2. The Bertz CT molecular complexity index is 883. The average molecular weight is 399 g/mol. The number of carbonyl (C=O) groups is 5. The molecule has 152 valence electrons. The standard InChI is InChI=1S/C20H21N3O6/c1-11(23-18(26)12-6-2-3-7-13(12)19(23)27)20(28)29-10-16(24)22-15-9-5-4-8-14(15)17(21)25/h2-5,8-9,11-13H,6-7,10H2,1H3,(H2,21,25)(H,22,24)/t11-,12-,13+/m0/s1. The van der Waals surface area contributed by atoms with Gasteiger partial charge in [-0.25, -0.2) is 4.79 Å². The predicted octanol–water partition coefficient (Wildman–Crippen LogP) is 0.607. The highest BCUT2D eigenvalue weighted by Crippen LogP contribution is 2.36. The zero-order valence-electron chi connectivity index (χ0n) is 15.8. The van der Waals surface area contributed by atoms with Gasteiger partial charge in [0, 0.05) is 0 Å². The van der Waals surface area contributed by atoms with E-state index in [0.717, 1.165) is 4.90 Å². The van der Waals surface area contributed by atoms with Crippen molar-refractivity contribution in [3.05, 3.63) is 42.0 Å². The van der Waals surface area contributed by atoms with Crippen LogP contribution in [0.5, 0.6) is 0 Å². The molecule has 3 rings (SSSR count). The predicted molar refractivity (Wildman–Crippen MR) is 101 cm³/mol. The topological polar surface area (TPSA) is 136 Å². The van der Waals surface area contributed by atoms with Gasteiger partial charge in [0.1, 0.15) is 6.04 Å². The number of rotatable bonds is 6. The third kappa shape index (κ3) is 4.03. The molecular formula is C20H21N3O6. The molecule has 9 nitrogen and oxygen atoms in total. The zero-order valence-corrected chi connectivity index (χ0v) is 15.8. The number of ether oxygens (including phenoxy) is 1. The highest BCUT2D eigenvalue weighted by Gasteiger charge is 2.50. The number of carbonyl (C=O) groups excluding carboxylic acids is 5. The number of likely N-dealkylation sites (tertiary alicyclic amines) is 1. The largest absolute Gasteiger partial charge is 0.454 e. The molecule has 3 N–H and O–H groups in total. The van der Waals surface area contributed by atoms with Gasteiger partial charge in [0.2, 0.25) is 11.8 Å². The summed E-state index contributed by atoms with van der Waals surface area (Å²) in [6, 6.07) is 5.00. The fourth-order valence-corrected chi connectivity index (χ4v) is 3.56. The van der Waals surface area contributed by atoms with Crippen molar-refractivity contribution in [2.75, 3.05) is 11.9 Å². The molecule has 0 spiro atoms. The van der Waals surface area contributed by atoms with E-state index in [-0.39, 0.29) is 11.3 Å². The van der Waals surface area contributed by atoms with Crippen LogP contribution in [0.3, 0.4) is 0 Å². The zero-order chi connectivity index (χ0) is 21.1. The van der Waals surface area contributed by atoms with E-state index < -0.39 is 54.1 Å². The fourth-order valence-electron chi connectivity index (χ4n) is 3.56. The number of esters is 1. The summed E-state index contributed by atoms with van der Waals surface area (Å²) in [7, 11) is 0. The molecule has 29 heavy (non-hydrogen) atoms. The van der Waals surface area contributed by atoms with Crippen LogP contribution in [0.25, 0.3) is 0 Å². The van der Waals surface area contributed by atoms with Crippen LogP contribution in [0.1, 0.15) is 30.1 Å². The summed E-state index contributed by atoms with van der Waals surface area (Å²) in [6.45, 7) is 0.754. The lowest BCUT2D eigenvalue weighted by Crippen LogP contribution is -2.45. The maximum atomic E-state index is 12.5. The fraction of sp³-hybridized carbons (Fsp3) is 0.350. The molecule has 1 aliphatic carbocycles. The molecule has 1 fully saturated rings. The minimum atomic E-state index is -1.13. The van der Waals surface area contributed by atoms with Gasteiger partial charge < -0.3 is 15.8 Å². The summed E-state index contributed by atoms with van der Waals surface area (Å²) in [4.78, 5) is 61.7. The lowest BCUT2D eigenvalue weighted by molar-refractivity contribution is -0.159. The molecule has 0 saturated carbocycles. The molecule has 0 bridgehead atoms. The smallest absolute Gasteiger partial charge is 0.329 e. The van der Waals surface area contributed by atoms with E-state index in [1.807, 2.05) is 12.2 Å². The first-order valence-electron chi connectivity index (χ1n) is 9.18. The highest BCUT2D eigenvalue weighted by atomic mass is 16.5. The third-order valence-electron chi connectivity index (χ3n) is 5.08. The Balaban J connectivity index is 1.58. The number of nitrogens with zero attached hydrogens (tertiary/aromatic N) is 1. The second-order valence-corrected chi connectivity index (χ2v) is 6.94. The maximum Gasteiger partial charge on any atom is 0.329 e. The molecule has 2 aliphatic rings. The first-order chi connectivity index (χ1) is 13.8. The number of nitrogens with one attached hydrogen (secondary N) is 1. The molecule has 1 saturated heterocycles. The monoisotopic (exact) mass is 399 g/mol. The van der Waals surface area contributed by atoms with Gasteiger partial charge >= 0.3 is 5.97 Å². The molecule has 1 heterocycles. The Hall–Kier alpha value is -3.49. The van der Waals surface area contributed by atoms with E-state index in [4.69, 9.17) is 10.5 Å². The average Bonchev–Trinajstić information content (AvgIpc) is 2.96. The normalized spacial score (nSPS) is 21.5. The van der Waals surface area contributed by atoms with E-state index in [9.17, 15) is 24.0 Å². The third-order valence-corrected chi connectivity index (χ3v) is 5.08. The van der Waals surface area contributed by atoms with Crippen LogP contribution < -0.4 is 11.1 Å². The van der Waals surface area contributed by atoms with Crippen molar-refractivity contribution in [2.24, 2.45) is 17.6 Å². The Morgan fingerprint density at radius 3 is 2.31 bits per heavy atom. The van der Waals surface area contributed by atoms with Crippen molar-refractivity contribution >= 4 is 35.3 Å². The maximum absolute atomic E-state index is 12.5. The SMILES string of the molecule is C[C@@H](C(=O)OCC(=O)Nc1ccccc1C(N)=O)N1C(=O)[C@H]2CC=CC[C@H]2C1=O. The van der Waals surface area contributed by atoms with Gasteiger partial charge in [-0.3, -0.25) is 24.1 Å². The number of nitrogens with two attached hydrogens (primary N) is 1. The van der Waals surface area contributed by atoms with Crippen LogP contribution in [-0.4, -0.2) is 47.1 Å². The molecule has 9 heteroatoms. The van der Waals surface area contributed by atoms with Crippen molar-refractivity contribution < 1.29 is 28.7 Å². The molecule has 1 aliphatic heterocycles. The molecular weight excluding hydrogens is 378 g/mol. The first-order valence-corrected chi connectivity index (χ1v) is 9.18. The summed E-state index contributed by atoms with van der Waals surface area (Å²) in [5.41, 5.74) is 5.55. The van der Waals surface area contributed by atoms with Gasteiger partial charge in [0.05, 0.1) is 23.1 Å². The first kappa shape index (κ1) is 20.2. The van der Waals surface area contributed by atoms with Crippen LogP contribution in [0, 0.1) is 11.8 Å². The molecule has 3 atom stereocenters. The number of anilines is 1. The van der Waals surface area contributed by atoms with Gasteiger partial charge in [-0.1, -0.05) is 24.3 Å². The Morgan fingerprint density at radius 2 is 1.72 bits per heavy atom. The summed E-state index contributed by atoms with van der Waals surface area (Å²) in [5, 5.41) is 2.44. The molecule has 0 aromatic heterocycles. The number of para-hydroxylation sites is 1. The number of amides is 4. The van der Waals surface area contributed by atoms with E-state index in [2.05, 4.69) is 5.32 Å². The minimum absolute atomic E-state index is 0.116. The quantitative estimate of drug-likeness (QED) is 0.409. The van der Waals surface area contributed by atoms with E-state index in [1.54, 1.807) is 12.1 Å². The second kappa shape index (κ2) is 8.26. The Kier molecular flexibility index (Phi) is 5.76. The Morgan fingerprint density at radius 1 is 1.14 bits per heavy atom. The Labute approximate surface area is 166 Å². The van der Waals surface area contributed by atoms with Crippen LogP contribution in [0.4, 0.5) is 5.69 Å². The van der Waals surface area contributed by atoms with Crippen molar-refractivity contribution in [3.63, 3.8) is 0 Å². The van der Waals surface area contributed by atoms with Gasteiger partial charge in [-0.15, -0.1) is 0 Å². The molecule has 0 unspecified atom stereocenters. The summed E-state index contributed by atoms with van der Waals surface area (Å²) in [5.74, 6) is -3.95. The number of benzene rings is 1. The summed E-state index contributed by atoms with van der Waals surface area (Å²) in [6.07, 6.45) is 4.64. The van der Waals surface area contributed by atoms with E-state index in [0.29, 0.717) is 12.8 Å². The molecule has 1 aromatic rings. The van der Waals surface area contributed by atoms with Gasteiger partial charge in [0.15, 0.2) is 6.61 Å². The van der Waals surface area contributed by atoms with Gasteiger partial charge in [-0.05, 0) is 31.9 Å². The van der Waals surface area contributed by atoms with E-state index in [1.165, 1.54) is 19.1 Å². The number of primary amides is 1. The van der Waals surface area contributed by atoms with Gasteiger partial charge in [0.25, 0.3) is 11.8 Å². The van der Waals surface area contributed by atoms with Crippen LogP contribution in [0.2, 0.25) is 0 Å². The van der Waals surface area contributed by atoms with Crippen molar-refractivity contribution in [3.8, 4) is 0 Å². The van der Waals surface area contributed by atoms with Crippen molar-refractivity contribution in [2.45, 2.75) is 25.8 Å². The van der Waals surface area contributed by atoms with Crippen molar-refractivity contribution in [1.29, 1.82) is 0 Å². The van der Waals surface area contributed by atoms with Crippen molar-refractivity contribution in [1.82, 2.24) is 4.90 Å². The summed E-state index contributed by atoms with van der Waals surface area (Å²) < 4.78 is 4.97. The van der Waals surface area contributed by atoms with Crippen LogP contribution >= 0.6 is 0 Å². The molecule has 4 amide bonds. The number of hydrogen-bond donors (Lipinski definition) is 2. The number of fused-ring (bicyclic) bond motifs is 1. The lowest BCUT2D eigenvalue weighted by atomic mass is 9.85. The van der Waals surface area contributed by atoms with E-state index >= 15 is 0 Å². The van der Waals surface area contributed by atoms with Crippen LogP contribution in [0.15, 0.2) is 36.4 Å². The van der Waals surface area contributed by atoms with Crippen LogP contribution in [-0.2, 0) is 23.9 Å². The molecule has 1 aromatic carbocycles. The highest BCUT2D eigenvalue weighted by molar-refractivity contribution is 6.08. The lowest BCUT2D eigenvalue weighted by Gasteiger charge is -2.21. The molecule has 0 radical (unpaired) electrons.